The lowest BCUT2D eigenvalue weighted by atomic mass is 10.1. The molecule has 1 atom stereocenters. The van der Waals surface area contributed by atoms with E-state index >= 15 is 0 Å². The molecule has 0 heterocycles. The molecule has 0 aromatic heterocycles. The molecule has 0 aliphatic carbocycles. The van der Waals surface area contributed by atoms with E-state index in [0.717, 1.165) is 0 Å². The van der Waals surface area contributed by atoms with Crippen LogP contribution in [0, 0.1) is 10.1 Å². The molecular weight excluding hydrogens is 150 g/mol. The summed E-state index contributed by atoms with van der Waals surface area (Å²) in [6.07, 6.45) is 0.462. The smallest absolute Gasteiger partial charge is 0.206 e. The van der Waals surface area contributed by atoms with Gasteiger partial charge >= 0.3 is 0 Å². The summed E-state index contributed by atoms with van der Waals surface area (Å²) < 4.78 is 0. The molecule has 5 nitrogen and oxygen atoms in total. The van der Waals surface area contributed by atoms with Crippen molar-refractivity contribution in [3.8, 4) is 0 Å². The number of aliphatic hydroxyl groups is 2. The van der Waals surface area contributed by atoms with Crippen LogP contribution in [0.25, 0.3) is 0 Å². The van der Waals surface area contributed by atoms with E-state index in [4.69, 9.17) is 10.2 Å². The van der Waals surface area contributed by atoms with E-state index in [1.807, 2.05) is 0 Å². The van der Waals surface area contributed by atoms with E-state index in [2.05, 4.69) is 0 Å². The Hall–Kier alpha value is -0.680. The van der Waals surface area contributed by atoms with Crippen molar-refractivity contribution in [3.63, 3.8) is 0 Å². The maximum atomic E-state index is 9.82. The van der Waals surface area contributed by atoms with Crippen molar-refractivity contribution < 1.29 is 15.1 Å². The Morgan fingerprint density at radius 1 is 1.45 bits per heavy atom. The molecule has 2 N–H and O–H groups in total. The Morgan fingerprint density at radius 2 is 2.09 bits per heavy atom. The molecule has 0 aromatic rings. The van der Waals surface area contributed by atoms with Gasteiger partial charge in [-0.25, -0.2) is 0 Å². The Bertz CT molecular complexity index is 117. The topological polar surface area (TPSA) is 83.6 Å². The Morgan fingerprint density at radius 3 is 2.55 bits per heavy atom. The first-order valence-electron chi connectivity index (χ1n) is 3.57. The van der Waals surface area contributed by atoms with Gasteiger partial charge in [-0.15, -0.1) is 0 Å². The van der Waals surface area contributed by atoms with Gasteiger partial charge in [0.25, 0.3) is 0 Å². The molecule has 1 unspecified atom stereocenters. The van der Waals surface area contributed by atoms with E-state index in [-0.39, 0.29) is 19.6 Å². The van der Waals surface area contributed by atoms with Crippen molar-refractivity contribution >= 4 is 0 Å². The summed E-state index contributed by atoms with van der Waals surface area (Å²) in [6, 6.07) is 0. The first-order valence-corrected chi connectivity index (χ1v) is 3.57. The molecular formula is C6H13NO4. The zero-order valence-corrected chi connectivity index (χ0v) is 6.27. The molecule has 0 saturated carbocycles. The summed E-state index contributed by atoms with van der Waals surface area (Å²) in [5.74, 6) is 0. The number of hydrogen-bond acceptors (Lipinski definition) is 4. The zero-order valence-electron chi connectivity index (χ0n) is 6.27. The number of nitro groups is 1. The van der Waals surface area contributed by atoms with E-state index in [0.29, 0.717) is 12.8 Å². The highest BCUT2D eigenvalue weighted by Crippen LogP contribution is 2.00. The molecule has 0 spiro atoms. The average Bonchev–Trinajstić information content (AvgIpc) is 1.97. The van der Waals surface area contributed by atoms with Crippen LogP contribution < -0.4 is 0 Å². The Kier molecular flexibility index (Phi) is 5.68. The number of aliphatic hydroxyl groups excluding tert-OH is 2. The molecule has 0 rings (SSSR count). The highest BCUT2D eigenvalue weighted by molar-refractivity contribution is 4.53. The summed E-state index contributed by atoms with van der Waals surface area (Å²) in [5, 5.41) is 27.2. The van der Waals surface area contributed by atoms with Gasteiger partial charge in [-0.3, -0.25) is 10.1 Å². The third kappa shape index (κ3) is 7.21. The molecule has 0 saturated heterocycles. The predicted octanol–water partition coefficient (Wildman–Crippen LogP) is -0.213. The monoisotopic (exact) mass is 163 g/mol. The molecule has 0 fully saturated rings. The van der Waals surface area contributed by atoms with Crippen LogP contribution in [-0.2, 0) is 0 Å². The summed E-state index contributed by atoms with van der Waals surface area (Å²) >= 11 is 0. The number of rotatable bonds is 6. The Labute approximate surface area is 64.8 Å². The second kappa shape index (κ2) is 6.06. The first-order chi connectivity index (χ1) is 5.16. The fourth-order valence-corrected chi connectivity index (χ4v) is 0.726. The van der Waals surface area contributed by atoms with Gasteiger partial charge in [0, 0.05) is 18.0 Å². The third-order valence-corrected chi connectivity index (χ3v) is 1.34. The van der Waals surface area contributed by atoms with Gasteiger partial charge in [0.05, 0.1) is 6.10 Å². The third-order valence-electron chi connectivity index (χ3n) is 1.34. The van der Waals surface area contributed by atoms with Gasteiger partial charge < -0.3 is 10.2 Å². The fraction of sp³-hybridized carbons (Fsp3) is 1.00. The molecule has 0 aliphatic rings. The average molecular weight is 163 g/mol. The lowest BCUT2D eigenvalue weighted by molar-refractivity contribution is -0.482. The van der Waals surface area contributed by atoms with Gasteiger partial charge in [0.15, 0.2) is 0 Å². The van der Waals surface area contributed by atoms with Crippen molar-refractivity contribution in [2.45, 2.75) is 25.4 Å². The second-order valence-electron chi connectivity index (χ2n) is 2.36. The highest BCUT2D eigenvalue weighted by atomic mass is 16.6. The van der Waals surface area contributed by atoms with Crippen molar-refractivity contribution in [1.82, 2.24) is 0 Å². The van der Waals surface area contributed by atoms with Crippen LogP contribution in [0.3, 0.4) is 0 Å². The van der Waals surface area contributed by atoms with Gasteiger partial charge in [0.1, 0.15) is 0 Å². The highest BCUT2D eigenvalue weighted by Gasteiger charge is 2.06. The molecule has 66 valence electrons. The number of hydrogen-bond donors (Lipinski definition) is 2. The largest absolute Gasteiger partial charge is 0.396 e. The van der Waals surface area contributed by atoms with E-state index < -0.39 is 11.0 Å². The van der Waals surface area contributed by atoms with Crippen LogP contribution >= 0.6 is 0 Å². The minimum absolute atomic E-state index is 0.0233. The van der Waals surface area contributed by atoms with Crippen molar-refractivity contribution in [1.29, 1.82) is 0 Å². The van der Waals surface area contributed by atoms with Gasteiger partial charge in [-0.05, 0) is 12.8 Å². The zero-order chi connectivity index (χ0) is 8.69. The summed E-state index contributed by atoms with van der Waals surface area (Å²) in [7, 11) is 0. The van der Waals surface area contributed by atoms with E-state index in [9.17, 15) is 10.1 Å². The maximum absolute atomic E-state index is 9.82. The first kappa shape index (κ1) is 10.3. The summed E-state index contributed by atoms with van der Waals surface area (Å²) in [6.45, 7) is -0.178. The predicted molar refractivity (Wildman–Crippen MR) is 38.8 cm³/mol. The molecule has 11 heavy (non-hydrogen) atoms. The van der Waals surface area contributed by atoms with Gasteiger partial charge in [-0.1, -0.05) is 0 Å². The van der Waals surface area contributed by atoms with Gasteiger partial charge in [0.2, 0.25) is 6.54 Å². The van der Waals surface area contributed by atoms with E-state index in [1.54, 1.807) is 0 Å². The van der Waals surface area contributed by atoms with Crippen molar-refractivity contribution in [2.24, 2.45) is 0 Å². The lowest BCUT2D eigenvalue weighted by Gasteiger charge is -2.05. The molecule has 0 bridgehead atoms. The Balaban J connectivity index is 3.22. The lowest BCUT2D eigenvalue weighted by Crippen LogP contribution is -2.13. The van der Waals surface area contributed by atoms with Crippen LogP contribution in [0.15, 0.2) is 0 Å². The minimum atomic E-state index is -0.646. The summed E-state index contributed by atoms with van der Waals surface area (Å²) in [4.78, 5) is 9.37. The molecule has 0 amide bonds. The maximum Gasteiger partial charge on any atom is 0.206 e. The van der Waals surface area contributed by atoms with Crippen LogP contribution in [0.5, 0.6) is 0 Å². The van der Waals surface area contributed by atoms with Crippen LogP contribution in [0.2, 0.25) is 0 Å². The van der Waals surface area contributed by atoms with Crippen molar-refractivity contribution in [2.75, 3.05) is 13.2 Å². The molecule has 0 aromatic carbocycles. The van der Waals surface area contributed by atoms with Gasteiger partial charge in [-0.2, -0.15) is 0 Å². The summed E-state index contributed by atoms with van der Waals surface area (Å²) in [5.41, 5.74) is 0. The molecule has 0 aliphatic heterocycles. The van der Waals surface area contributed by atoms with E-state index in [1.165, 1.54) is 0 Å². The van der Waals surface area contributed by atoms with Crippen LogP contribution in [0.4, 0.5) is 0 Å². The molecule has 0 radical (unpaired) electrons. The minimum Gasteiger partial charge on any atom is -0.396 e. The quantitative estimate of drug-likeness (QED) is 0.419. The van der Waals surface area contributed by atoms with Crippen LogP contribution in [-0.4, -0.2) is 34.4 Å². The SMILES string of the molecule is O=[N+]([O-])CCC(O)CCCO. The second-order valence-corrected chi connectivity index (χ2v) is 2.36. The standard InChI is InChI=1S/C6H13NO4/c8-5-1-2-6(9)3-4-7(10)11/h6,8-9H,1-5H2. The fourth-order valence-electron chi connectivity index (χ4n) is 0.726. The van der Waals surface area contributed by atoms with Crippen molar-refractivity contribution in [3.05, 3.63) is 10.1 Å². The number of nitrogens with zero attached hydrogens (tertiary/aromatic N) is 1. The normalized spacial score (nSPS) is 12.9. The molecule has 5 heteroatoms. The van der Waals surface area contributed by atoms with Crippen LogP contribution in [0.1, 0.15) is 19.3 Å².